The van der Waals surface area contributed by atoms with Crippen LogP contribution in [0.25, 0.3) is 10.6 Å². The van der Waals surface area contributed by atoms with E-state index in [2.05, 4.69) is 4.98 Å². The molecule has 1 atom stereocenters. The number of amides is 1. The molecule has 5 rings (SSSR count). The van der Waals surface area contributed by atoms with E-state index in [-0.39, 0.29) is 17.9 Å². The van der Waals surface area contributed by atoms with Crippen LogP contribution in [0.4, 0.5) is 0 Å². The Morgan fingerprint density at radius 2 is 1.97 bits per heavy atom. The smallest absolute Gasteiger partial charge is 0.290 e. The molecule has 4 heterocycles. The van der Waals surface area contributed by atoms with Gasteiger partial charge in [0, 0.05) is 10.4 Å². The van der Waals surface area contributed by atoms with Gasteiger partial charge in [0.1, 0.15) is 16.8 Å². The highest BCUT2D eigenvalue weighted by Crippen LogP contribution is 2.43. The van der Waals surface area contributed by atoms with E-state index >= 15 is 0 Å². The number of carbonyl (C=O) groups excluding carboxylic acids is 2. The normalized spacial score (nSPS) is 16.2. The Bertz CT molecular complexity index is 1310. The number of ketones is 1. The van der Waals surface area contributed by atoms with Gasteiger partial charge in [0.15, 0.2) is 5.76 Å². The number of nitrogens with zero attached hydrogens (tertiary/aromatic N) is 2. The Labute approximate surface area is 192 Å². The molecule has 0 bridgehead atoms. The number of furan rings is 1. The molecule has 0 fully saturated rings. The molecule has 1 aliphatic rings. The summed E-state index contributed by atoms with van der Waals surface area (Å²) in [5.41, 5.74) is 1.56. The summed E-state index contributed by atoms with van der Waals surface area (Å²) in [7, 11) is 0. The number of aromatic nitrogens is 1. The van der Waals surface area contributed by atoms with Crippen LogP contribution in [0.15, 0.2) is 82.0 Å². The van der Waals surface area contributed by atoms with Crippen LogP contribution >= 0.6 is 22.7 Å². The summed E-state index contributed by atoms with van der Waals surface area (Å²) in [6, 6.07) is 16.1. The lowest BCUT2D eigenvalue weighted by molar-refractivity contribution is -0.130. The second-order valence-corrected chi connectivity index (χ2v) is 9.30. The Balaban J connectivity index is 1.56. The number of hydrogen-bond donors (Lipinski definition) is 1. The summed E-state index contributed by atoms with van der Waals surface area (Å²) < 4.78 is 5.41. The van der Waals surface area contributed by atoms with Gasteiger partial charge in [0.25, 0.3) is 5.91 Å². The van der Waals surface area contributed by atoms with Crippen molar-refractivity contribution < 1.29 is 19.1 Å². The van der Waals surface area contributed by atoms with Crippen molar-refractivity contribution in [2.24, 2.45) is 0 Å². The van der Waals surface area contributed by atoms with Crippen molar-refractivity contribution in [3.8, 4) is 10.6 Å². The maximum Gasteiger partial charge on any atom is 0.290 e. The number of thiophene rings is 1. The third-order valence-corrected chi connectivity index (χ3v) is 7.42. The van der Waals surface area contributed by atoms with Crippen LogP contribution < -0.4 is 0 Å². The Morgan fingerprint density at radius 1 is 1.16 bits per heavy atom. The molecule has 1 aromatic carbocycles. The van der Waals surface area contributed by atoms with E-state index in [4.69, 9.17) is 4.42 Å². The maximum absolute atomic E-state index is 13.7. The molecule has 160 valence electrons. The predicted molar refractivity (Wildman–Crippen MR) is 123 cm³/mol. The van der Waals surface area contributed by atoms with Gasteiger partial charge in [0.05, 0.1) is 29.0 Å². The van der Waals surface area contributed by atoms with Gasteiger partial charge in [-0.15, -0.1) is 22.7 Å². The van der Waals surface area contributed by atoms with E-state index in [1.165, 1.54) is 33.8 Å². The number of carbonyl (C=O) groups is 2. The molecular formula is C24H18N2O4S2. The third kappa shape index (κ3) is 3.47. The standard InChI is InChI=1S/C24H18N2O4S2/c1-14-22(32-23(25-14)15-7-3-2-4-8-15)20(27)18-19(17-10-6-12-31-17)26(24(29)21(18)28)13-16-9-5-11-30-16/h2-12,19,28H,13H2,1H3. The van der Waals surface area contributed by atoms with Crippen LogP contribution in [-0.2, 0) is 11.3 Å². The number of aliphatic hydroxyl groups excluding tert-OH is 1. The van der Waals surface area contributed by atoms with Gasteiger partial charge in [-0.3, -0.25) is 9.59 Å². The minimum atomic E-state index is -0.693. The van der Waals surface area contributed by atoms with Crippen molar-refractivity contribution in [3.63, 3.8) is 0 Å². The first-order chi connectivity index (χ1) is 15.5. The van der Waals surface area contributed by atoms with Crippen LogP contribution in [-0.4, -0.2) is 26.7 Å². The molecule has 0 radical (unpaired) electrons. The minimum Gasteiger partial charge on any atom is -0.503 e. The molecule has 8 heteroatoms. The molecular weight excluding hydrogens is 444 g/mol. The quantitative estimate of drug-likeness (QED) is 0.380. The highest BCUT2D eigenvalue weighted by molar-refractivity contribution is 7.17. The minimum absolute atomic E-state index is 0.0790. The number of thiazole rings is 1. The monoisotopic (exact) mass is 462 g/mol. The molecule has 4 aromatic rings. The summed E-state index contributed by atoms with van der Waals surface area (Å²) >= 11 is 2.69. The zero-order valence-corrected chi connectivity index (χ0v) is 18.7. The van der Waals surface area contributed by atoms with Gasteiger partial charge >= 0.3 is 0 Å². The summed E-state index contributed by atoms with van der Waals surface area (Å²) in [4.78, 5) is 33.9. The van der Waals surface area contributed by atoms with Crippen LogP contribution in [0.1, 0.15) is 32.0 Å². The van der Waals surface area contributed by atoms with E-state index in [9.17, 15) is 14.7 Å². The number of aryl methyl sites for hydroxylation is 1. The molecule has 0 saturated heterocycles. The lowest BCUT2D eigenvalue weighted by Crippen LogP contribution is -2.30. The van der Waals surface area contributed by atoms with Crippen LogP contribution in [0.3, 0.4) is 0 Å². The zero-order valence-electron chi connectivity index (χ0n) is 17.0. The molecule has 3 aromatic heterocycles. The second kappa shape index (κ2) is 8.22. The second-order valence-electron chi connectivity index (χ2n) is 7.32. The number of aliphatic hydroxyl groups is 1. The van der Waals surface area contributed by atoms with Gasteiger partial charge in [-0.1, -0.05) is 36.4 Å². The fourth-order valence-corrected chi connectivity index (χ4v) is 5.67. The number of rotatable bonds is 6. The molecule has 0 aliphatic carbocycles. The maximum atomic E-state index is 13.7. The fraction of sp³-hybridized carbons (Fsp3) is 0.125. The number of benzene rings is 1. The van der Waals surface area contributed by atoms with Crippen molar-refractivity contribution >= 4 is 34.4 Å². The average Bonchev–Trinajstić information content (AvgIpc) is 3.60. The first-order valence-electron chi connectivity index (χ1n) is 9.92. The van der Waals surface area contributed by atoms with Gasteiger partial charge in [0.2, 0.25) is 5.78 Å². The van der Waals surface area contributed by atoms with E-state index in [1.807, 2.05) is 47.8 Å². The average molecular weight is 463 g/mol. The van der Waals surface area contributed by atoms with Crippen molar-refractivity contribution in [1.82, 2.24) is 9.88 Å². The fourth-order valence-electron chi connectivity index (χ4n) is 3.80. The van der Waals surface area contributed by atoms with Gasteiger partial charge in [-0.25, -0.2) is 4.98 Å². The molecule has 0 saturated carbocycles. The van der Waals surface area contributed by atoms with E-state index in [1.54, 1.807) is 19.1 Å². The third-order valence-electron chi connectivity index (χ3n) is 5.29. The number of Topliss-reactive ketones (excluding diaryl/α,β-unsaturated/α-hetero) is 1. The van der Waals surface area contributed by atoms with Crippen LogP contribution in [0.2, 0.25) is 0 Å². The molecule has 1 N–H and O–H groups in total. The summed E-state index contributed by atoms with van der Waals surface area (Å²) in [5.74, 6) is -0.919. The first-order valence-corrected chi connectivity index (χ1v) is 11.6. The van der Waals surface area contributed by atoms with Crippen molar-refractivity contribution in [2.45, 2.75) is 19.5 Å². The zero-order chi connectivity index (χ0) is 22.2. The van der Waals surface area contributed by atoms with Crippen molar-refractivity contribution in [3.05, 3.63) is 98.8 Å². The van der Waals surface area contributed by atoms with E-state index < -0.39 is 17.7 Å². The highest BCUT2D eigenvalue weighted by atomic mass is 32.1. The summed E-state index contributed by atoms with van der Waals surface area (Å²) in [5, 5.41) is 13.4. The van der Waals surface area contributed by atoms with Gasteiger partial charge < -0.3 is 14.4 Å². The van der Waals surface area contributed by atoms with Crippen LogP contribution in [0, 0.1) is 6.92 Å². The molecule has 1 aliphatic heterocycles. The Kier molecular flexibility index (Phi) is 5.24. The summed E-state index contributed by atoms with van der Waals surface area (Å²) in [6.07, 6.45) is 1.53. The molecule has 1 amide bonds. The number of hydrogen-bond acceptors (Lipinski definition) is 7. The Morgan fingerprint density at radius 3 is 2.66 bits per heavy atom. The van der Waals surface area contributed by atoms with E-state index in [0.29, 0.717) is 16.3 Å². The highest BCUT2D eigenvalue weighted by Gasteiger charge is 2.45. The largest absolute Gasteiger partial charge is 0.503 e. The van der Waals surface area contributed by atoms with E-state index in [0.717, 1.165) is 15.4 Å². The molecule has 32 heavy (non-hydrogen) atoms. The first kappa shape index (κ1) is 20.4. The molecule has 1 unspecified atom stereocenters. The van der Waals surface area contributed by atoms with Gasteiger partial charge in [-0.05, 0) is 30.5 Å². The van der Waals surface area contributed by atoms with Gasteiger partial charge in [-0.2, -0.15) is 0 Å². The van der Waals surface area contributed by atoms with Crippen molar-refractivity contribution in [1.29, 1.82) is 0 Å². The van der Waals surface area contributed by atoms with Crippen LogP contribution in [0.5, 0.6) is 0 Å². The molecule has 0 spiro atoms. The predicted octanol–water partition coefficient (Wildman–Crippen LogP) is 5.55. The lowest BCUT2D eigenvalue weighted by Gasteiger charge is -2.24. The van der Waals surface area contributed by atoms with Crippen molar-refractivity contribution in [2.75, 3.05) is 0 Å². The SMILES string of the molecule is Cc1nc(-c2ccccc2)sc1C(=O)C1=C(O)C(=O)N(Cc2ccco2)C1c1cccs1. The summed E-state index contributed by atoms with van der Waals surface area (Å²) in [6.45, 7) is 1.91. The molecule has 6 nitrogen and oxygen atoms in total. The lowest BCUT2D eigenvalue weighted by atomic mass is 10.0. The topological polar surface area (TPSA) is 83.6 Å². The Hall–Kier alpha value is -3.49.